The van der Waals surface area contributed by atoms with Gasteiger partial charge in [-0.3, -0.25) is 9.10 Å². The summed E-state index contributed by atoms with van der Waals surface area (Å²) >= 11 is 0. The number of likely N-dealkylation sites (tertiary alicyclic amines) is 1. The van der Waals surface area contributed by atoms with Crippen molar-refractivity contribution < 1.29 is 17.9 Å². The average Bonchev–Trinajstić information content (AvgIpc) is 3.18. The third kappa shape index (κ3) is 6.08. The zero-order valence-electron chi connectivity index (χ0n) is 21.0. The Morgan fingerprint density at radius 2 is 1.47 bits per heavy atom. The summed E-state index contributed by atoms with van der Waals surface area (Å²) in [5, 5.41) is 0. The first-order valence-electron chi connectivity index (χ1n) is 12.6. The minimum Gasteiger partial charge on any atom is -0.494 e. The van der Waals surface area contributed by atoms with Crippen molar-refractivity contribution in [2.45, 2.75) is 51.0 Å². The van der Waals surface area contributed by atoms with Gasteiger partial charge < -0.3 is 9.64 Å². The van der Waals surface area contributed by atoms with Crippen LogP contribution in [-0.4, -0.2) is 38.9 Å². The maximum absolute atomic E-state index is 13.7. The van der Waals surface area contributed by atoms with Crippen molar-refractivity contribution in [2.24, 2.45) is 0 Å². The number of benzene rings is 3. The normalized spacial score (nSPS) is 14.2. The third-order valence-corrected chi connectivity index (χ3v) is 8.25. The largest absolute Gasteiger partial charge is 0.494 e. The van der Waals surface area contributed by atoms with E-state index in [9.17, 15) is 13.2 Å². The standard InChI is InChI=1S/C29H34N2O4S/c1-3-35-27-16-14-26(15-17-27)31(36(33,34)28-18-8-23(2)9-19-28)22-24-10-12-25(13-11-24)29(32)30-20-6-4-5-7-21-30/h8-19H,3-7,20-22H2,1-2H3. The first-order chi connectivity index (χ1) is 17.4. The van der Waals surface area contributed by atoms with Gasteiger partial charge in [-0.05, 0) is 80.8 Å². The highest BCUT2D eigenvalue weighted by atomic mass is 32.2. The van der Waals surface area contributed by atoms with Gasteiger partial charge in [0.05, 0.1) is 23.7 Å². The van der Waals surface area contributed by atoms with Gasteiger partial charge in [-0.15, -0.1) is 0 Å². The van der Waals surface area contributed by atoms with Crippen LogP contribution in [-0.2, 0) is 16.6 Å². The van der Waals surface area contributed by atoms with Gasteiger partial charge in [-0.1, -0.05) is 42.7 Å². The maximum Gasteiger partial charge on any atom is 0.264 e. The van der Waals surface area contributed by atoms with Crippen LogP contribution in [0.2, 0.25) is 0 Å². The third-order valence-electron chi connectivity index (χ3n) is 6.47. The van der Waals surface area contributed by atoms with Gasteiger partial charge in [0.25, 0.3) is 15.9 Å². The van der Waals surface area contributed by atoms with Crippen LogP contribution in [0, 0.1) is 6.92 Å². The average molecular weight is 507 g/mol. The Morgan fingerprint density at radius 1 is 0.861 bits per heavy atom. The molecule has 3 aromatic carbocycles. The number of carbonyl (C=O) groups excluding carboxylic acids is 1. The number of hydrogen-bond donors (Lipinski definition) is 0. The van der Waals surface area contributed by atoms with Crippen LogP contribution in [0.15, 0.2) is 77.7 Å². The lowest BCUT2D eigenvalue weighted by Crippen LogP contribution is -2.32. The van der Waals surface area contributed by atoms with Crippen LogP contribution in [0.5, 0.6) is 5.75 Å². The van der Waals surface area contributed by atoms with Crippen molar-refractivity contribution in [1.82, 2.24) is 4.90 Å². The number of nitrogens with zero attached hydrogens (tertiary/aromatic N) is 2. The molecule has 0 radical (unpaired) electrons. The summed E-state index contributed by atoms with van der Waals surface area (Å²) in [6, 6.07) is 21.2. The Kier molecular flexibility index (Phi) is 8.31. The highest BCUT2D eigenvalue weighted by molar-refractivity contribution is 7.92. The van der Waals surface area contributed by atoms with Crippen LogP contribution in [0.25, 0.3) is 0 Å². The predicted octanol–water partition coefficient (Wildman–Crippen LogP) is 5.81. The smallest absolute Gasteiger partial charge is 0.264 e. The molecule has 1 amide bonds. The summed E-state index contributed by atoms with van der Waals surface area (Å²) in [6.45, 7) is 6.09. The molecule has 0 saturated carbocycles. The SMILES string of the molecule is CCOc1ccc(N(Cc2ccc(C(=O)N3CCCCCC3)cc2)S(=O)(=O)c2ccc(C)cc2)cc1. The fourth-order valence-corrected chi connectivity index (χ4v) is 5.86. The van der Waals surface area contributed by atoms with Crippen molar-refractivity contribution in [2.75, 3.05) is 24.0 Å². The first kappa shape index (κ1) is 25.8. The van der Waals surface area contributed by atoms with E-state index in [1.165, 1.54) is 17.1 Å². The summed E-state index contributed by atoms with van der Waals surface area (Å²) in [7, 11) is -3.82. The number of anilines is 1. The number of sulfonamides is 1. The molecule has 0 unspecified atom stereocenters. The molecule has 4 rings (SSSR count). The van der Waals surface area contributed by atoms with Crippen molar-refractivity contribution >= 4 is 21.6 Å². The minimum absolute atomic E-state index is 0.0408. The van der Waals surface area contributed by atoms with E-state index in [1.807, 2.05) is 30.9 Å². The predicted molar refractivity (Wildman–Crippen MR) is 143 cm³/mol. The van der Waals surface area contributed by atoms with Crippen molar-refractivity contribution in [3.8, 4) is 5.75 Å². The number of hydrogen-bond acceptors (Lipinski definition) is 4. The second kappa shape index (κ2) is 11.6. The lowest BCUT2D eigenvalue weighted by Gasteiger charge is -2.25. The van der Waals surface area contributed by atoms with E-state index in [2.05, 4.69) is 0 Å². The van der Waals surface area contributed by atoms with Gasteiger partial charge in [0, 0.05) is 18.7 Å². The number of amides is 1. The molecule has 1 saturated heterocycles. The molecule has 0 atom stereocenters. The quantitative estimate of drug-likeness (QED) is 0.387. The highest BCUT2D eigenvalue weighted by Crippen LogP contribution is 2.28. The van der Waals surface area contributed by atoms with Crippen molar-refractivity contribution in [1.29, 1.82) is 0 Å². The number of aryl methyl sites for hydroxylation is 1. The second-order valence-corrected chi connectivity index (χ2v) is 11.0. The van der Waals surface area contributed by atoms with Gasteiger partial charge >= 0.3 is 0 Å². The van der Waals surface area contributed by atoms with Crippen LogP contribution in [0.4, 0.5) is 5.69 Å². The van der Waals surface area contributed by atoms with E-state index in [1.54, 1.807) is 60.7 Å². The molecule has 190 valence electrons. The van der Waals surface area contributed by atoms with Crippen LogP contribution in [0.3, 0.4) is 0 Å². The van der Waals surface area contributed by atoms with E-state index < -0.39 is 10.0 Å². The van der Waals surface area contributed by atoms with Gasteiger partial charge in [-0.25, -0.2) is 8.42 Å². The molecule has 0 aromatic heterocycles. The molecule has 1 heterocycles. The van der Waals surface area contributed by atoms with Crippen molar-refractivity contribution in [3.05, 3.63) is 89.5 Å². The summed E-state index contributed by atoms with van der Waals surface area (Å²) in [6.07, 6.45) is 4.41. The highest BCUT2D eigenvalue weighted by Gasteiger charge is 2.26. The van der Waals surface area contributed by atoms with Gasteiger partial charge in [-0.2, -0.15) is 0 Å². The molecule has 0 spiro atoms. The molecule has 0 bridgehead atoms. The fourth-order valence-electron chi connectivity index (χ4n) is 4.40. The van der Waals surface area contributed by atoms with E-state index in [-0.39, 0.29) is 17.3 Å². The van der Waals surface area contributed by atoms with E-state index in [0.29, 0.717) is 23.6 Å². The number of ether oxygens (including phenoxy) is 1. The molecule has 0 aliphatic carbocycles. The fraction of sp³-hybridized carbons (Fsp3) is 0.345. The molecule has 0 N–H and O–H groups in total. The zero-order valence-corrected chi connectivity index (χ0v) is 21.8. The summed E-state index contributed by atoms with van der Waals surface area (Å²) < 4.78 is 34.3. The molecule has 1 aliphatic rings. The zero-order chi connectivity index (χ0) is 25.5. The first-order valence-corrected chi connectivity index (χ1v) is 14.0. The summed E-state index contributed by atoms with van der Waals surface area (Å²) in [5.74, 6) is 0.726. The van der Waals surface area contributed by atoms with Gasteiger partial charge in [0.2, 0.25) is 0 Å². The van der Waals surface area contributed by atoms with Gasteiger partial charge in [0.15, 0.2) is 0 Å². The van der Waals surface area contributed by atoms with Crippen LogP contribution < -0.4 is 9.04 Å². The number of carbonyl (C=O) groups is 1. The Hall–Kier alpha value is -3.32. The van der Waals surface area contributed by atoms with Crippen molar-refractivity contribution in [3.63, 3.8) is 0 Å². The Labute approximate surface area is 214 Å². The maximum atomic E-state index is 13.7. The molecule has 36 heavy (non-hydrogen) atoms. The Morgan fingerprint density at radius 3 is 2.06 bits per heavy atom. The molecular weight excluding hydrogens is 472 g/mol. The minimum atomic E-state index is -3.82. The topological polar surface area (TPSA) is 66.9 Å². The molecule has 1 fully saturated rings. The van der Waals surface area contributed by atoms with Crippen LogP contribution in [0.1, 0.15) is 54.1 Å². The molecule has 1 aliphatic heterocycles. The monoisotopic (exact) mass is 506 g/mol. The molecule has 7 heteroatoms. The number of rotatable bonds is 8. The lowest BCUT2D eigenvalue weighted by molar-refractivity contribution is 0.0761. The lowest BCUT2D eigenvalue weighted by atomic mass is 10.1. The molecular formula is C29H34N2O4S. The van der Waals surface area contributed by atoms with E-state index in [4.69, 9.17) is 4.74 Å². The molecule has 6 nitrogen and oxygen atoms in total. The van der Waals surface area contributed by atoms with Gasteiger partial charge in [0.1, 0.15) is 5.75 Å². The summed E-state index contributed by atoms with van der Waals surface area (Å²) in [4.78, 5) is 15.1. The summed E-state index contributed by atoms with van der Waals surface area (Å²) in [5.41, 5.74) is 2.97. The Balaban J connectivity index is 1.61. The van der Waals surface area contributed by atoms with E-state index in [0.717, 1.165) is 37.1 Å². The molecule has 3 aromatic rings. The van der Waals surface area contributed by atoms with Crippen LogP contribution >= 0.6 is 0 Å². The Bertz CT molecular complexity index is 1250. The second-order valence-electron chi connectivity index (χ2n) is 9.15. The van der Waals surface area contributed by atoms with E-state index >= 15 is 0 Å².